The topological polar surface area (TPSA) is 17.1 Å². The van der Waals surface area contributed by atoms with Crippen molar-refractivity contribution in [3.8, 4) is 0 Å². The van der Waals surface area contributed by atoms with E-state index in [1.807, 2.05) is 30.3 Å². The number of ketones is 1. The first-order valence-electron chi connectivity index (χ1n) is 6.74. The lowest BCUT2D eigenvalue weighted by molar-refractivity contribution is -0.125. The second-order valence-corrected chi connectivity index (χ2v) is 6.29. The van der Waals surface area contributed by atoms with Crippen LogP contribution in [-0.4, -0.2) is 17.0 Å². The molecule has 0 heterocycles. The van der Waals surface area contributed by atoms with E-state index in [1.54, 1.807) is 0 Å². The van der Waals surface area contributed by atoms with E-state index in [2.05, 4.69) is 0 Å². The summed E-state index contributed by atoms with van der Waals surface area (Å²) >= 11 is -0.0259. The minimum absolute atomic E-state index is 0.0259. The molecule has 1 aromatic rings. The molecule has 1 aliphatic carbocycles. The van der Waals surface area contributed by atoms with E-state index in [1.165, 1.54) is 5.56 Å². The van der Waals surface area contributed by atoms with Crippen molar-refractivity contribution < 1.29 is 18.0 Å². The van der Waals surface area contributed by atoms with Gasteiger partial charge in [-0.15, -0.1) is 0 Å². The molecule has 1 saturated carbocycles. The molecule has 0 aromatic heterocycles. The van der Waals surface area contributed by atoms with Gasteiger partial charge in [-0.05, 0) is 30.7 Å². The SMILES string of the molecule is O=C1CCC(c2ccccc2)CC1CCSC(F)(F)F. The van der Waals surface area contributed by atoms with E-state index in [4.69, 9.17) is 0 Å². The van der Waals surface area contributed by atoms with Gasteiger partial charge in [0.15, 0.2) is 0 Å². The average Bonchev–Trinajstić information content (AvgIpc) is 2.40. The summed E-state index contributed by atoms with van der Waals surface area (Å²) < 4.78 is 36.4. The Morgan fingerprint density at radius 2 is 1.90 bits per heavy atom. The van der Waals surface area contributed by atoms with Crippen molar-refractivity contribution >= 4 is 17.5 Å². The van der Waals surface area contributed by atoms with Crippen molar-refractivity contribution in [2.24, 2.45) is 5.92 Å². The Morgan fingerprint density at radius 1 is 1.20 bits per heavy atom. The van der Waals surface area contributed by atoms with Crippen molar-refractivity contribution in [2.75, 3.05) is 5.75 Å². The van der Waals surface area contributed by atoms with Crippen LogP contribution in [0.15, 0.2) is 30.3 Å². The number of hydrogen-bond donors (Lipinski definition) is 0. The lowest BCUT2D eigenvalue weighted by Crippen LogP contribution is -2.24. The number of alkyl halides is 3. The monoisotopic (exact) mass is 302 g/mol. The van der Waals surface area contributed by atoms with Gasteiger partial charge in [0.1, 0.15) is 5.78 Å². The number of carbonyl (C=O) groups excluding carboxylic acids is 1. The summed E-state index contributed by atoms with van der Waals surface area (Å²) in [5.74, 6) is 0.181. The zero-order valence-corrected chi connectivity index (χ0v) is 11.8. The summed E-state index contributed by atoms with van der Waals surface area (Å²) in [4.78, 5) is 11.8. The van der Waals surface area contributed by atoms with E-state index in [0.717, 1.165) is 6.42 Å². The first kappa shape index (κ1) is 15.4. The molecule has 0 aliphatic heterocycles. The quantitative estimate of drug-likeness (QED) is 0.796. The molecule has 0 saturated heterocycles. The van der Waals surface area contributed by atoms with E-state index in [-0.39, 0.29) is 29.2 Å². The minimum Gasteiger partial charge on any atom is -0.299 e. The molecule has 1 nitrogen and oxygen atoms in total. The molecule has 0 radical (unpaired) electrons. The third-order valence-corrected chi connectivity index (χ3v) is 4.53. The Kier molecular flexibility index (Phi) is 5.13. The Balaban J connectivity index is 1.90. The lowest BCUT2D eigenvalue weighted by Gasteiger charge is -2.28. The lowest BCUT2D eigenvalue weighted by atomic mass is 9.76. The minimum atomic E-state index is -4.20. The zero-order chi connectivity index (χ0) is 14.6. The van der Waals surface area contributed by atoms with Crippen molar-refractivity contribution in [2.45, 2.75) is 37.1 Å². The van der Waals surface area contributed by atoms with Gasteiger partial charge in [0.2, 0.25) is 0 Å². The van der Waals surface area contributed by atoms with Gasteiger partial charge in [-0.3, -0.25) is 4.79 Å². The van der Waals surface area contributed by atoms with E-state index in [0.29, 0.717) is 25.2 Å². The summed E-state index contributed by atoms with van der Waals surface area (Å²) in [7, 11) is 0. The first-order valence-corrected chi connectivity index (χ1v) is 7.72. The molecule has 1 aromatic carbocycles. The van der Waals surface area contributed by atoms with Crippen LogP contribution in [-0.2, 0) is 4.79 Å². The van der Waals surface area contributed by atoms with Crippen molar-refractivity contribution in [3.63, 3.8) is 0 Å². The normalized spacial score (nSPS) is 23.9. The molecule has 2 unspecified atom stereocenters. The number of halogens is 3. The van der Waals surface area contributed by atoms with E-state index < -0.39 is 5.51 Å². The number of Topliss-reactive ketones (excluding diaryl/α,β-unsaturated/α-hetero) is 1. The van der Waals surface area contributed by atoms with E-state index >= 15 is 0 Å². The molecule has 20 heavy (non-hydrogen) atoms. The molecule has 1 aliphatic rings. The predicted octanol–water partition coefficient (Wildman–Crippen LogP) is 4.78. The van der Waals surface area contributed by atoms with E-state index in [9.17, 15) is 18.0 Å². The third-order valence-electron chi connectivity index (χ3n) is 3.77. The van der Waals surface area contributed by atoms with Gasteiger partial charge >= 0.3 is 5.51 Å². The molecule has 0 N–H and O–H groups in total. The van der Waals surface area contributed by atoms with Crippen molar-refractivity contribution in [1.29, 1.82) is 0 Å². The van der Waals surface area contributed by atoms with Gasteiger partial charge in [0.05, 0.1) is 0 Å². The van der Waals surface area contributed by atoms with Gasteiger partial charge in [-0.1, -0.05) is 42.1 Å². The molecule has 0 spiro atoms. The molecular weight excluding hydrogens is 285 g/mol. The van der Waals surface area contributed by atoms with Gasteiger partial charge < -0.3 is 0 Å². The predicted molar refractivity (Wildman–Crippen MR) is 74.7 cm³/mol. The molecule has 1 fully saturated rings. The Labute approximate surface area is 120 Å². The maximum absolute atomic E-state index is 12.1. The highest BCUT2D eigenvalue weighted by Gasteiger charge is 2.32. The highest BCUT2D eigenvalue weighted by atomic mass is 32.2. The fraction of sp³-hybridized carbons (Fsp3) is 0.533. The highest BCUT2D eigenvalue weighted by molar-refractivity contribution is 8.00. The summed E-state index contributed by atoms with van der Waals surface area (Å²) in [6, 6.07) is 9.92. The summed E-state index contributed by atoms with van der Waals surface area (Å²) in [6.07, 6.45) is 2.31. The molecular formula is C15H17F3OS. The van der Waals surface area contributed by atoms with Crippen LogP contribution in [0.1, 0.15) is 37.2 Å². The summed E-state index contributed by atoms with van der Waals surface area (Å²) in [5, 5.41) is 0. The average molecular weight is 302 g/mol. The number of rotatable bonds is 4. The molecule has 110 valence electrons. The number of hydrogen-bond acceptors (Lipinski definition) is 2. The van der Waals surface area contributed by atoms with Gasteiger partial charge in [0, 0.05) is 18.1 Å². The highest BCUT2D eigenvalue weighted by Crippen LogP contribution is 2.38. The summed E-state index contributed by atoms with van der Waals surface area (Å²) in [5.41, 5.74) is -3.01. The van der Waals surface area contributed by atoms with Crippen LogP contribution in [0.25, 0.3) is 0 Å². The number of carbonyl (C=O) groups is 1. The molecule has 0 amide bonds. The van der Waals surface area contributed by atoms with Crippen LogP contribution in [0.3, 0.4) is 0 Å². The second-order valence-electron chi connectivity index (χ2n) is 5.13. The maximum Gasteiger partial charge on any atom is 0.441 e. The summed E-state index contributed by atoms with van der Waals surface area (Å²) in [6.45, 7) is 0. The van der Waals surface area contributed by atoms with Crippen molar-refractivity contribution in [3.05, 3.63) is 35.9 Å². The Bertz CT molecular complexity index is 444. The van der Waals surface area contributed by atoms with Gasteiger partial charge in [-0.25, -0.2) is 0 Å². The smallest absolute Gasteiger partial charge is 0.299 e. The molecule has 0 bridgehead atoms. The van der Waals surface area contributed by atoms with Crippen molar-refractivity contribution in [1.82, 2.24) is 0 Å². The molecule has 2 atom stereocenters. The molecule has 2 rings (SSSR count). The fourth-order valence-electron chi connectivity index (χ4n) is 2.74. The van der Waals surface area contributed by atoms with Crippen LogP contribution in [0.5, 0.6) is 0 Å². The number of benzene rings is 1. The maximum atomic E-state index is 12.1. The van der Waals surface area contributed by atoms with Crippen LogP contribution < -0.4 is 0 Å². The standard InChI is InChI=1S/C15H17F3OS/c16-15(17,18)20-9-8-13-10-12(6-7-14(13)19)11-4-2-1-3-5-11/h1-5,12-13H,6-10H2. The second kappa shape index (κ2) is 6.66. The Hall–Kier alpha value is -0.970. The first-order chi connectivity index (χ1) is 9.46. The van der Waals surface area contributed by atoms with Crippen LogP contribution >= 0.6 is 11.8 Å². The third kappa shape index (κ3) is 4.54. The van der Waals surface area contributed by atoms with Gasteiger partial charge in [0.25, 0.3) is 0 Å². The van der Waals surface area contributed by atoms with Crippen LogP contribution in [0.4, 0.5) is 13.2 Å². The Morgan fingerprint density at radius 3 is 2.55 bits per heavy atom. The molecule has 5 heteroatoms. The zero-order valence-electron chi connectivity index (χ0n) is 11.0. The largest absolute Gasteiger partial charge is 0.441 e. The van der Waals surface area contributed by atoms with Gasteiger partial charge in [-0.2, -0.15) is 13.2 Å². The van der Waals surface area contributed by atoms with Crippen LogP contribution in [0.2, 0.25) is 0 Å². The fourth-order valence-corrected chi connectivity index (χ4v) is 3.37. The van der Waals surface area contributed by atoms with Crippen LogP contribution in [0, 0.1) is 5.92 Å². The number of thioether (sulfide) groups is 1.